The van der Waals surface area contributed by atoms with Gasteiger partial charge in [-0.1, -0.05) is 13.0 Å². The van der Waals surface area contributed by atoms with Gasteiger partial charge in [0.05, 0.1) is 5.69 Å². The van der Waals surface area contributed by atoms with Crippen LogP contribution in [-0.2, 0) is 0 Å². The van der Waals surface area contributed by atoms with Crippen molar-refractivity contribution in [2.45, 2.75) is 12.8 Å². The van der Waals surface area contributed by atoms with E-state index >= 15 is 0 Å². The normalized spacial score (nSPS) is 12.2. The van der Waals surface area contributed by atoms with Gasteiger partial charge in [-0.2, -0.15) is 0 Å². The van der Waals surface area contributed by atoms with Crippen molar-refractivity contribution in [2.24, 2.45) is 5.73 Å². The van der Waals surface area contributed by atoms with Crippen molar-refractivity contribution in [1.29, 1.82) is 0 Å². The Morgan fingerprint density at radius 1 is 1.21 bits per heavy atom. The number of nitrogens with two attached hydrogens (primary N) is 1. The molecule has 2 N–H and O–H groups in total. The summed E-state index contributed by atoms with van der Waals surface area (Å²) in [5.74, 6) is -3.01. The highest BCUT2D eigenvalue weighted by atomic mass is 19.2. The molecule has 0 unspecified atom stereocenters. The van der Waals surface area contributed by atoms with Crippen molar-refractivity contribution in [1.82, 2.24) is 9.97 Å². The van der Waals surface area contributed by atoms with Crippen LogP contribution in [0.25, 0.3) is 0 Å². The highest BCUT2D eigenvalue weighted by Crippen LogP contribution is 2.25. The Balaban J connectivity index is 2.46. The Morgan fingerprint density at radius 2 is 1.89 bits per heavy atom. The molecule has 1 aromatic carbocycles. The fourth-order valence-corrected chi connectivity index (χ4v) is 1.80. The number of halogens is 2. The molecule has 0 spiro atoms. The van der Waals surface area contributed by atoms with Gasteiger partial charge in [-0.25, -0.2) is 13.8 Å². The predicted molar refractivity (Wildman–Crippen MR) is 64.4 cm³/mol. The monoisotopic (exact) mass is 263 g/mol. The van der Waals surface area contributed by atoms with E-state index in [9.17, 15) is 13.6 Å². The lowest BCUT2D eigenvalue weighted by molar-refractivity contribution is 0.0994. The molecular weight excluding hydrogens is 252 g/mol. The van der Waals surface area contributed by atoms with E-state index in [-0.39, 0.29) is 5.69 Å². The number of nitrogens with zero attached hydrogens (tertiary/aromatic N) is 2. The van der Waals surface area contributed by atoms with Crippen LogP contribution < -0.4 is 5.73 Å². The van der Waals surface area contributed by atoms with Crippen molar-refractivity contribution in [2.75, 3.05) is 0 Å². The zero-order valence-electron chi connectivity index (χ0n) is 10.1. The maximum Gasteiger partial charge on any atom is 0.269 e. The molecule has 0 aliphatic rings. The summed E-state index contributed by atoms with van der Waals surface area (Å²) in [4.78, 5) is 19.2. The third-order valence-electron chi connectivity index (χ3n) is 2.81. The van der Waals surface area contributed by atoms with E-state index in [4.69, 9.17) is 5.73 Å². The van der Waals surface area contributed by atoms with Crippen LogP contribution in [0.15, 0.2) is 30.6 Å². The van der Waals surface area contributed by atoms with Crippen LogP contribution >= 0.6 is 0 Å². The number of benzene rings is 1. The molecule has 0 radical (unpaired) electrons. The molecule has 2 rings (SSSR count). The Hall–Kier alpha value is -2.37. The minimum Gasteiger partial charge on any atom is -0.364 e. The first-order valence-corrected chi connectivity index (χ1v) is 5.56. The molecule has 4 nitrogen and oxygen atoms in total. The number of amides is 1. The lowest BCUT2D eigenvalue weighted by Crippen LogP contribution is -2.18. The molecule has 0 saturated heterocycles. The number of hydrogen-bond donors (Lipinski definition) is 1. The molecule has 0 aliphatic heterocycles. The van der Waals surface area contributed by atoms with Gasteiger partial charge in [0.25, 0.3) is 5.91 Å². The summed E-state index contributed by atoms with van der Waals surface area (Å²) in [5.41, 5.74) is 6.06. The van der Waals surface area contributed by atoms with Crippen LogP contribution in [0.5, 0.6) is 0 Å². The molecule has 2 aromatic rings. The third kappa shape index (κ3) is 2.57. The van der Waals surface area contributed by atoms with Gasteiger partial charge in [-0.15, -0.1) is 0 Å². The maximum absolute atomic E-state index is 13.2. The molecule has 98 valence electrons. The van der Waals surface area contributed by atoms with E-state index in [2.05, 4.69) is 9.97 Å². The largest absolute Gasteiger partial charge is 0.364 e. The smallest absolute Gasteiger partial charge is 0.269 e. The van der Waals surface area contributed by atoms with Crippen LogP contribution in [0.3, 0.4) is 0 Å². The van der Waals surface area contributed by atoms with Gasteiger partial charge >= 0.3 is 0 Å². The molecule has 0 bridgehead atoms. The van der Waals surface area contributed by atoms with Gasteiger partial charge in [-0.05, 0) is 17.7 Å². The zero-order chi connectivity index (χ0) is 14.0. The highest BCUT2D eigenvalue weighted by Gasteiger charge is 2.19. The van der Waals surface area contributed by atoms with Gasteiger partial charge in [0.15, 0.2) is 11.6 Å². The highest BCUT2D eigenvalue weighted by molar-refractivity contribution is 5.92. The first kappa shape index (κ1) is 13.1. The van der Waals surface area contributed by atoms with Crippen molar-refractivity contribution < 1.29 is 13.6 Å². The molecular formula is C13H11F2N3O. The Morgan fingerprint density at radius 3 is 2.53 bits per heavy atom. The average Bonchev–Trinajstić information content (AvgIpc) is 2.41. The zero-order valence-corrected chi connectivity index (χ0v) is 10.1. The summed E-state index contributed by atoms with van der Waals surface area (Å²) in [7, 11) is 0. The number of primary amides is 1. The Labute approximate surface area is 108 Å². The molecule has 1 amide bonds. The van der Waals surface area contributed by atoms with Crippen molar-refractivity contribution in [3.05, 3.63) is 59.2 Å². The second-order valence-corrected chi connectivity index (χ2v) is 4.05. The van der Waals surface area contributed by atoms with Crippen LogP contribution in [-0.4, -0.2) is 15.9 Å². The Bertz CT molecular complexity index is 631. The SMILES string of the molecule is C[C@@H](c1ccc(F)c(F)c1)c1nccnc1C(N)=O. The van der Waals surface area contributed by atoms with Gasteiger partial charge < -0.3 is 5.73 Å². The van der Waals surface area contributed by atoms with Gasteiger partial charge in [0.1, 0.15) is 5.69 Å². The number of carbonyl (C=O) groups is 1. The molecule has 0 aliphatic carbocycles. The number of aromatic nitrogens is 2. The summed E-state index contributed by atoms with van der Waals surface area (Å²) in [6.07, 6.45) is 2.76. The molecule has 19 heavy (non-hydrogen) atoms. The van der Waals surface area contributed by atoms with Crippen molar-refractivity contribution in [3.8, 4) is 0 Å². The predicted octanol–water partition coefficient (Wildman–Crippen LogP) is 2.01. The standard InChI is InChI=1S/C13H11F2N3O/c1-7(8-2-3-9(14)10(15)6-8)11-12(13(16)19)18-5-4-17-11/h2-7H,1H3,(H2,16,19)/t7-/m0/s1. The topological polar surface area (TPSA) is 68.9 Å². The van der Waals surface area contributed by atoms with E-state index in [0.717, 1.165) is 12.1 Å². The first-order valence-electron chi connectivity index (χ1n) is 5.56. The van der Waals surface area contributed by atoms with Crippen molar-refractivity contribution in [3.63, 3.8) is 0 Å². The second-order valence-electron chi connectivity index (χ2n) is 4.05. The van der Waals surface area contributed by atoms with Gasteiger partial charge in [-0.3, -0.25) is 9.78 Å². The molecule has 1 atom stereocenters. The van der Waals surface area contributed by atoms with Crippen LogP contribution in [0.2, 0.25) is 0 Å². The molecule has 0 fully saturated rings. The summed E-state index contributed by atoms with van der Waals surface area (Å²) >= 11 is 0. The van der Waals surface area contributed by atoms with E-state index in [1.165, 1.54) is 18.5 Å². The van der Waals surface area contributed by atoms with Crippen LogP contribution in [0.1, 0.15) is 34.6 Å². The summed E-state index contributed by atoms with van der Waals surface area (Å²) < 4.78 is 26.1. The molecule has 1 aromatic heterocycles. The van der Waals surface area contributed by atoms with E-state index in [1.54, 1.807) is 6.92 Å². The quantitative estimate of drug-likeness (QED) is 0.920. The minimum absolute atomic E-state index is 0.0275. The maximum atomic E-state index is 13.2. The summed E-state index contributed by atoms with van der Waals surface area (Å²) in [5, 5.41) is 0. The summed E-state index contributed by atoms with van der Waals surface area (Å²) in [6, 6.07) is 3.53. The van der Waals surface area contributed by atoms with E-state index in [0.29, 0.717) is 11.3 Å². The van der Waals surface area contributed by atoms with Gasteiger partial charge in [0, 0.05) is 18.3 Å². The lowest BCUT2D eigenvalue weighted by Gasteiger charge is -2.13. The molecule has 1 heterocycles. The van der Waals surface area contributed by atoms with Crippen molar-refractivity contribution >= 4 is 5.91 Å². The number of hydrogen-bond acceptors (Lipinski definition) is 3. The lowest BCUT2D eigenvalue weighted by atomic mass is 9.95. The van der Waals surface area contributed by atoms with Gasteiger partial charge in [0.2, 0.25) is 0 Å². The minimum atomic E-state index is -0.950. The number of rotatable bonds is 3. The fraction of sp³-hybridized carbons (Fsp3) is 0.154. The first-order chi connectivity index (χ1) is 9.00. The van der Waals surface area contributed by atoms with Crippen LogP contribution in [0.4, 0.5) is 8.78 Å². The average molecular weight is 263 g/mol. The summed E-state index contributed by atoms with van der Waals surface area (Å²) in [6.45, 7) is 1.71. The second kappa shape index (κ2) is 5.09. The molecule has 6 heteroatoms. The third-order valence-corrected chi connectivity index (χ3v) is 2.81. The van der Waals surface area contributed by atoms with Crippen LogP contribution in [0, 0.1) is 11.6 Å². The van der Waals surface area contributed by atoms with E-state index in [1.807, 2.05) is 0 Å². The fourth-order valence-electron chi connectivity index (χ4n) is 1.80. The number of carbonyl (C=O) groups excluding carboxylic acids is 1. The molecule has 0 saturated carbocycles. The van der Waals surface area contributed by atoms with E-state index < -0.39 is 23.5 Å². The Kier molecular flexibility index (Phi) is 3.50.